The van der Waals surface area contributed by atoms with Crippen molar-refractivity contribution < 1.29 is 9.53 Å². The van der Waals surface area contributed by atoms with Crippen LogP contribution in [0, 0.1) is 5.41 Å². The number of carbonyl (C=O) groups excluding carboxylic acids is 1. The summed E-state index contributed by atoms with van der Waals surface area (Å²) >= 11 is 3.45. The van der Waals surface area contributed by atoms with Gasteiger partial charge in [0.05, 0.1) is 12.2 Å². The van der Waals surface area contributed by atoms with E-state index in [1.165, 1.54) is 12.8 Å². The van der Waals surface area contributed by atoms with E-state index < -0.39 is 0 Å². The summed E-state index contributed by atoms with van der Waals surface area (Å²) < 4.78 is 5.77. The summed E-state index contributed by atoms with van der Waals surface area (Å²) in [5.74, 6) is 0.344. The maximum atomic E-state index is 12.6. The molecule has 2 rings (SSSR count). The number of ether oxygens (including phenoxy) is 1. The second-order valence-corrected chi connectivity index (χ2v) is 6.35. The number of carbonyl (C=O) groups is 1. The van der Waals surface area contributed by atoms with Gasteiger partial charge in [-0.25, -0.2) is 0 Å². The molecule has 0 aromatic heterocycles. The lowest BCUT2D eigenvalue weighted by atomic mass is 9.87. The number of morpholine rings is 1. The Morgan fingerprint density at radius 1 is 1.41 bits per heavy atom. The van der Waals surface area contributed by atoms with E-state index in [1.54, 1.807) is 0 Å². The third kappa shape index (κ3) is 2.84. The van der Waals surface area contributed by atoms with Crippen LogP contribution in [0.3, 0.4) is 0 Å². The fraction of sp³-hybridized carbons (Fsp3) is 0.923. The molecule has 2 unspecified atom stereocenters. The minimum absolute atomic E-state index is 0.103. The Balaban J connectivity index is 2.03. The first-order valence-corrected chi connectivity index (χ1v) is 7.68. The van der Waals surface area contributed by atoms with Gasteiger partial charge in [-0.1, -0.05) is 35.7 Å². The molecular weight excluding hydrogens is 282 g/mol. The van der Waals surface area contributed by atoms with E-state index in [2.05, 4.69) is 22.9 Å². The molecule has 2 atom stereocenters. The van der Waals surface area contributed by atoms with Crippen LogP contribution in [-0.2, 0) is 9.53 Å². The Hall–Kier alpha value is -0.0900. The molecule has 0 aromatic carbocycles. The number of alkyl halides is 1. The fourth-order valence-electron chi connectivity index (χ4n) is 3.05. The van der Waals surface area contributed by atoms with E-state index >= 15 is 0 Å². The zero-order chi connectivity index (χ0) is 12.5. The summed E-state index contributed by atoms with van der Waals surface area (Å²) in [7, 11) is 0. The van der Waals surface area contributed by atoms with Crippen LogP contribution in [-0.4, -0.2) is 41.4 Å². The molecule has 0 aromatic rings. The highest BCUT2D eigenvalue weighted by molar-refractivity contribution is 9.09. The van der Waals surface area contributed by atoms with Crippen molar-refractivity contribution >= 4 is 21.8 Å². The van der Waals surface area contributed by atoms with Crippen molar-refractivity contribution in [2.24, 2.45) is 5.41 Å². The average Bonchev–Trinajstić information content (AvgIpc) is 2.75. The van der Waals surface area contributed by atoms with Crippen LogP contribution < -0.4 is 0 Å². The summed E-state index contributed by atoms with van der Waals surface area (Å²) in [4.78, 5) is 14.6. The van der Waals surface area contributed by atoms with Gasteiger partial charge >= 0.3 is 0 Å². The van der Waals surface area contributed by atoms with Crippen LogP contribution in [0.15, 0.2) is 0 Å². The third-order valence-corrected chi connectivity index (χ3v) is 4.73. The zero-order valence-electron chi connectivity index (χ0n) is 10.7. The topological polar surface area (TPSA) is 29.5 Å². The van der Waals surface area contributed by atoms with Crippen molar-refractivity contribution in [3.8, 4) is 0 Å². The molecule has 0 N–H and O–H groups in total. The number of hydrogen-bond acceptors (Lipinski definition) is 2. The van der Waals surface area contributed by atoms with Crippen LogP contribution in [0.25, 0.3) is 0 Å². The van der Waals surface area contributed by atoms with E-state index in [0.29, 0.717) is 5.91 Å². The molecule has 1 saturated heterocycles. The van der Waals surface area contributed by atoms with Crippen LogP contribution in [0.2, 0.25) is 0 Å². The lowest BCUT2D eigenvalue weighted by Gasteiger charge is -2.40. The first-order valence-electron chi connectivity index (χ1n) is 6.56. The van der Waals surface area contributed by atoms with Crippen molar-refractivity contribution in [3.05, 3.63) is 0 Å². The molecule has 1 heterocycles. The highest BCUT2D eigenvalue weighted by atomic mass is 79.9. The average molecular weight is 304 g/mol. The van der Waals surface area contributed by atoms with Crippen LogP contribution in [0.5, 0.6) is 0 Å². The Bertz CT molecular complexity index is 289. The third-order valence-electron chi connectivity index (χ3n) is 4.01. The van der Waals surface area contributed by atoms with Gasteiger partial charge < -0.3 is 9.64 Å². The van der Waals surface area contributed by atoms with Gasteiger partial charge in [-0.2, -0.15) is 0 Å². The predicted octanol–water partition coefficient (Wildman–Crippen LogP) is 2.58. The van der Waals surface area contributed by atoms with Gasteiger partial charge in [0.2, 0.25) is 5.91 Å². The van der Waals surface area contributed by atoms with E-state index in [-0.39, 0.29) is 17.6 Å². The number of amides is 1. The molecule has 17 heavy (non-hydrogen) atoms. The standard InChI is InChI=1S/C13H22BrNO2/c1-10-8-15(9-11(7-14)17-10)12(16)13(2)5-3-4-6-13/h10-11H,3-9H2,1-2H3. The Morgan fingerprint density at radius 3 is 2.65 bits per heavy atom. The largest absolute Gasteiger partial charge is 0.371 e. The summed E-state index contributed by atoms with van der Waals surface area (Å²) in [5, 5.41) is 0.803. The smallest absolute Gasteiger partial charge is 0.228 e. The van der Waals surface area contributed by atoms with E-state index in [4.69, 9.17) is 4.74 Å². The van der Waals surface area contributed by atoms with Crippen molar-refractivity contribution in [1.29, 1.82) is 0 Å². The van der Waals surface area contributed by atoms with E-state index in [0.717, 1.165) is 31.3 Å². The molecule has 98 valence electrons. The predicted molar refractivity (Wildman–Crippen MR) is 71.3 cm³/mol. The van der Waals surface area contributed by atoms with E-state index in [1.807, 2.05) is 11.8 Å². The fourth-order valence-corrected chi connectivity index (χ4v) is 3.40. The zero-order valence-corrected chi connectivity index (χ0v) is 12.3. The molecule has 3 nitrogen and oxygen atoms in total. The van der Waals surface area contributed by atoms with Gasteiger partial charge in [-0.15, -0.1) is 0 Å². The molecule has 2 aliphatic rings. The Morgan fingerprint density at radius 2 is 2.06 bits per heavy atom. The highest BCUT2D eigenvalue weighted by Gasteiger charge is 2.41. The summed E-state index contributed by atoms with van der Waals surface area (Å²) in [5.41, 5.74) is -0.103. The number of nitrogens with zero attached hydrogens (tertiary/aromatic N) is 1. The van der Waals surface area contributed by atoms with Crippen molar-refractivity contribution in [2.45, 2.75) is 51.7 Å². The summed E-state index contributed by atoms with van der Waals surface area (Å²) in [6.07, 6.45) is 4.80. The maximum Gasteiger partial charge on any atom is 0.228 e. The molecular formula is C13H22BrNO2. The van der Waals surface area contributed by atoms with Gasteiger partial charge in [0.15, 0.2) is 0 Å². The van der Waals surface area contributed by atoms with Crippen LogP contribution >= 0.6 is 15.9 Å². The minimum atomic E-state index is -0.103. The molecule has 0 radical (unpaired) electrons. The van der Waals surface area contributed by atoms with Crippen LogP contribution in [0.1, 0.15) is 39.5 Å². The van der Waals surface area contributed by atoms with Crippen molar-refractivity contribution in [1.82, 2.24) is 4.90 Å². The molecule has 0 spiro atoms. The minimum Gasteiger partial charge on any atom is -0.371 e. The maximum absolute atomic E-state index is 12.6. The molecule has 1 aliphatic heterocycles. The van der Waals surface area contributed by atoms with Crippen LogP contribution in [0.4, 0.5) is 0 Å². The number of halogens is 1. The lowest BCUT2D eigenvalue weighted by Crippen LogP contribution is -2.53. The summed E-state index contributed by atoms with van der Waals surface area (Å²) in [6.45, 7) is 5.67. The quantitative estimate of drug-likeness (QED) is 0.734. The van der Waals surface area contributed by atoms with Gasteiger partial charge in [0, 0.05) is 23.8 Å². The molecule has 4 heteroatoms. The molecule has 1 aliphatic carbocycles. The van der Waals surface area contributed by atoms with Gasteiger partial charge in [-0.05, 0) is 19.8 Å². The van der Waals surface area contributed by atoms with Crippen molar-refractivity contribution in [3.63, 3.8) is 0 Å². The normalized spacial score (nSPS) is 32.8. The summed E-state index contributed by atoms with van der Waals surface area (Å²) in [6, 6.07) is 0. The van der Waals surface area contributed by atoms with Gasteiger partial charge in [0.1, 0.15) is 0 Å². The number of rotatable bonds is 2. The second kappa shape index (κ2) is 5.27. The second-order valence-electron chi connectivity index (χ2n) is 5.70. The highest BCUT2D eigenvalue weighted by Crippen LogP contribution is 2.39. The lowest BCUT2D eigenvalue weighted by molar-refractivity contribution is -0.152. The first kappa shape index (κ1) is 13.3. The molecule has 1 amide bonds. The first-order chi connectivity index (χ1) is 8.05. The Labute approximate surface area is 112 Å². The SMILES string of the molecule is CC1CN(C(=O)C2(C)CCCC2)CC(CBr)O1. The molecule has 0 bridgehead atoms. The molecule has 2 fully saturated rings. The Kier molecular flexibility index (Phi) is 4.14. The van der Waals surface area contributed by atoms with E-state index in [9.17, 15) is 4.79 Å². The molecule has 1 saturated carbocycles. The van der Waals surface area contributed by atoms with Gasteiger partial charge in [0.25, 0.3) is 0 Å². The number of hydrogen-bond donors (Lipinski definition) is 0. The monoisotopic (exact) mass is 303 g/mol. The van der Waals surface area contributed by atoms with Crippen molar-refractivity contribution in [2.75, 3.05) is 18.4 Å². The van der Waals surface area contributed by atoms with Gasteiger partial charge in [-0.3, -0.25) is 4.79 Å².